The molecule has 0 saturated heterocycles. The molecule has 0 spiro atoms. The Bertz CT molecular complexity index is 792. The van der Waals surface area contributed by atoms with Gasteiger partial charge in [0.2, 0.25) is 0 Å². The molecule has 3 aromatic rings. The maximum atomic E-state index is 4.96. The molecule has 0 amide bonds. The highest BCUT2D eigenvalue weighted by molar-refractivity contribution is 5.86. The van der Waals surface area contributed by atoms with Crippen LogP contribution >= 0.6 is 0 Å². The van der Waals surface area contributed by atoms with E-state index < -0.39 is 0 Å². The second kappa shape index (κ2) is 8.65. The molecule has 2 aromatic heterocycles. The summed E-state index contributed by atoms with van der Waals surface area (Å²) in [7, 11) is 0. The summed E-state index contributed by atoms with van der Waals surface area (Å²) in [5, 5.41) is 3.46. The van der Waals surface area contributed by atoms with Gasteiger partial charge in [0.15, 0.2) is 5.82 Å². The van der Waals surface area contributed by atoms with Crippen molar-refractivity contribution in [2.75, 3.05) is 11.9 Å². The van der Waals surface area contributed by atoms with Crippen molar-refractivity contribution in [2.24, 2.45) is 0 Å². The van der Waals surface area contributed by atoms with Crippen LogP contribution in [0.4, 0.5) is 5.82 Å². The zero-order chi connectivity index (χ0) is 17.5. The van der Waals surface area contributed by atoms with Crippen molar-refractivity contribution in [3.63, 3.8) is 0 Å². The first-order valence-corrected chi connectivity index (χ1v) is 9.45. The highest BCUT2D eigenvalue weighted by Crippen LogP contribution is 2.24. The third-order valence-corrected chi connectivity index (χ3v) is 4.51. The van der Waals surface area contributed by atoms with Crippen LogP contribution in [0.5, 0.6) is 0 Å². The van der Waals surface area contributed by atoms with Gasteiger partial charge >= 0.3 is 0 Å². The molecule has 2 heterocycles. The molecule has 1 N–H and O–H groups in total. The number of nitrogens with one attached hydrogen (secondary N) is 1. The Hall–Kier alpha value is -2.36. The van der Waals surface area contributed by atoms with Gasteiger partial charge in [-0.3, -0.25) is 0 Å². The molecule has 0 bridgehead atoms. The van der Waals surface area contributed by atoms with Crippen LogP contribution in [-0.2, 0) is 13.0 Å². The molecule has 0 radical (unpaired) electrons. The molecule has 0 aliphatic carbocycles. The normalized spacial score (nSPS) is 11.1. The van der Waals surface area contributed by atoms with Crippen LogP contribution in [0.2, 0.25) is 0 Å². The first-order chi connectivity index (χ1) is 12.3. The summed E-state index contributed by atoms with van der Waals surface area (Å²) in [6, 6.07) is 12.7. The van der Waals surface area contributed by atoms with Crippen LogP contribution in [0.15, 0.2) is 42.6 Å². The van der Waals surface area contributed by atoms with Crippen molar-refractivity contribution in [3.8, 4) is 0 Å². The molecule has 0 fully saturated rings. The lowest BCUT2D eigenvalue weighted by atomic mass is 10.2. The minimum absolute atomic E-state index is 0.856. The lowest BCUT2D eigenvalue weighted by Crippen LogP contribution is -2.05. The van der Waals surface area contributed by atoms with E-state index in [-0.39, 0.29) is 0 Å². The van der Waals surface area contributed by atoms with E-state index in [1.54, 1.807) is 0 Å². The minimum atomic E-state index is 0.856. The predicted molar refractivity (Wildman–Crippen MR) is 105 cm³/mol. The topological polar surface area (TPSA) is 42.7 Å². The summed E-state index contributed by atoms with van der Waals surface area (Å²) in [4.78, 5) is 9.50. The van der Waals surface area contributed by atoms with Crippen molar-refractivity contribution in [1.82, 2.24) is 14.5 Å². The Morgan fingerprint density at radius 3 is 2.56 bits per heavy atom. The quantitative estimate of drug-likeness (QED) is 0.557. The molecule has 4 nitrogen and oxygen atoms in total. The maximum absolute atomic E-state index is 4.96. The van der Waals surface area contributed by atoms with Crippen LogP contribution in [0.3, 0.4) is 0 Å². The number of unbranched alkanes of at least 4 members (excludes halogenated alkanes) is 2. The van der Waals surface area contributed by atoms with Gasteiger partial charge in [0.05, 0.1) is 5.52 Å². The Morgan fingerprint density at radius 2 is 1.80 bits per heavy atom. The number of nitrogens with zero attached hydrogens (tertiary/aromatic N) is 3. The fraction of sp³-hybridized carbons (Fsp3) is 0.429. The van der Waals surface area contributed by atoms with E-state index >= 15 is 0 Å². The number of fused-ring (bicyclic) bond motifs is 1. The van der Waals surface area contributed by atoms with Gasteiger partial charge in [-0.25, -0.2) is 9.97 Å². The van der Waals surface area contributed by atoms with E-state index in [2.05, 4.69) is 65.1 Å². The van der Waals surface area contributed by atoms with Gasteiger partial charge in [-0.15, -0.1) is 0 Å². The molecule has 0 unspecified atom stereocenters. The molecular formula is C21H28N4. The van der Waals surface area contributed by atoms with Gasteiger partial charge in [0.25, 0.3) is 0 Å². The van der Waals surface area contributed by atoms with E-state index in [1.165, 1.54) is 23.9 Å². The number of anilines is 1. The third-order valence-electron chi connectivity index (χ3n) is 4.51. The fourth-order valence-electron chi connectivity index (χ4n) is 3.08. The molecular weight excluding hydrogens is 308 g/mol. The summed E-state index contributed by atoms with van der Waals surface area (Å²) in [6.45, 7) is 6.23. The number of hydrogen-bond acceptors (Lipinski definition) is 3. The molecule has 0 aliphatic heterocycles. The minimum Gasteiger partial charge on any atom is -0.368 e. The van der Waals surface area contributed by atoms with Crippen LogP contribution in [-0.4, -0.2) is 21.1 Å². The van der Waals surface area contributed by atoms with E-state index in [4.69, 9.17) is 4.98 Å². The molecule has 0 atom stereocenters. The van der Waals surface area contributed by atoms with Gasteiger partial charge < -0.3 is 9.88 Å². The SMILES string of the molecule is CCCCNc1nccc2c1nc(CCCC)n2Cc1ccccc1. The van der Waals surface area contributed by atoms with Gasteiger partial charge in [-0.05, 0) is 24.5 Å². The fourth-order valence-corrected chi connectivity index (χ4v) is 3.08. The summed E-state index contributed by atoms with van der Waals surface area (Å²) in [6.07, 6.45) is 7.55. The number of aryl methyl sites for hydroxylation is 1. The average Bonchev–Trinajstić information content (AvgIpc) is 2.99. The number of benzene rings is 1. The lowest BCUT2D eigenvalue weighted by molar-refractivity contribution is 0.690. The van der Waals surface area contributed by atoms with E-state index in [0.29, 0.717) is 0 Å². The monoisotopic (exact) mass is 336 g/mol. The number of rotatable bonds is 9. The summed E-state index contributed by atoms with van der Waals surface area (Å²) in [5.41, 5.74) is 3.47. The number of pyridine rings is 1. The Labute approximate surface area is 150 Å². The predicted octanol–water partition coefficient (Wildman–Crippen LogP) is 5.03. The third kappa shape index (κ3) is 4.19. The number of aromatic nitrogens is 3. The summed E-state index contributed by atoms with van der Waals surface area (Å²) in [5.74, 6) is 2.07. The molecule has 132 valence electrons. The number of imidazole rings is 1. The zero-order valence-corrected chi connectivity index (χ0v) is 15.3. The highest BCUT2D eigenvalue weighted by atomic mass is 15.1. The highest BCUT2D eigenvalue weighted by Gasteiger charge is 2.14. The molecule has 3 rings (SSSR count). The van der Waals surface area contributed by atoms with E-state index in [0.717, 1.165) is 49.5 Å². The van der Waals surface area contributed by atoms with Crippen LogP contribution in [0.1, 0.15) is 50.9 Å². The van der Waals surface area contributed by atoms with Crippen molar-refractivity contribution >= 4 is 16.9 Å². The molecule has 0 saturated carbocycles. The van der Waals surface area contributed by atoms with Crippen molar-refractivity contribution < 1.29 is 0 Å². The zero-order valence-electron chi connectivity index (χ0n) is 15.3. The van der Waals surface area contributed by atoms with Gasteiger partial charge in [-0.2, -0.15) is 0 Å². The molecule has 25 heavy (non-hydrogen) atoms. The molecule has 0 aliphatic rings. The summed E-state index contributed by atoms with van der Waals surface area (Å²) < 4.78 is 2.35. The Balaban J connectivity index is 1.98. The van der Waals surface area contributed by atoms with Gasteiger partial charge in [0.1, 0.15) is 11.3 Å². The maximum Gasteiger partial charge on any atom is 0.154 e. The van der Waals surface area contributed by atoms with Crippen molar-refractivity contribution in [2.45, 2.75) is 52.5 Å². The van der Waals surface area contributed by atoms with Crippen LogP contribution in [0, 0.1) is 0 Å². The molecule has 4 heteroatoms. The van der Waals surface area contributed by atoms with E-state index in [1.807, 2.05) is 6.20 Å². The summed E-state index contributed by atoms with van der Waals surface area (Å²) >= 11 is 0. The van der Waals surface area contributed by atoms with E-state index in [9.17, 15) is 0 Å². The smallest absolute Gasteiger partial charge is 0.154 e. The molecule has 1 aromatic carbocycles. The first kappa shape index (κ1) is 17.5. The Kier molecular flexibility index (Phi) is 6.04. The van der Waals surface area contributed by atoms with Crippen molar-refractivity contribution in [1.29, 1.82) is 0 Å². The largest absolute Gasteiger partial charge is 0.368 e. The van der Waals surface area contributed by atoms with Gasteiger partial charge in [-0.1, -0.05) is 57.0 Å². The first-order valence-electron chi connectivity index (χ1n) is 9.45. The number of hydrogen-bond donors (Lipinski definition) is 1. The second-order valence-corrected chi connectivity index (χ2v) is 6.51. The van der Waals surface area contributed by atoms with Crippen LogP contribution < -0.4 is 5.32 Å². The standard InChI is InChI=1S/C21H28N4/c1-3-5-12-19-24-20-18(13-15-23-21(20)22-14-6-4-2)25(19)16-17-10-8-7-9-11-17/h7-11,13,15H,3-6,12,14,16H2,1-2H3,(H,22,23). The lowest BCUT2D eigenvalue weighted by Gasteiger charge is -2.10. The van der Waals surface area contributed by atoms with Gasteiger partial charge in [0, 0.05) is 25.7 Å². The van der Waals surface area contributed by atoms with Crippen molar-refractivity contribution in [3.05, 3.63) is 54.0 Å². The van der Waals surface area contributed by atoms with Crippen LogP contribution in [0.25, 0.3) is 11.0 Å². The second-order valence-electron chi connectivity index (χ2n) is 6.51. The Morgan fingerprint density at radius 1 is 1.00 bits per heavy atom. The average molecular weight is 336 g/mol.